The van der Waals surface area contributed by atoms with Crippen LogP contribution in [-0.4, -0.2) is 14.1 Å². The summed E-state index contributed by atoms with van der Waals surface area (Å²) >= 11 is 3.42. The van der Waals surface area contributed by atoms with Gasteiger partial charge in [0.2, 0.25) is 0 Å². The Morgan fingerprint density at radius 2 is 1.82 bits per heavy atom. The van der Waals surface area contributed by atoms with Gasteiger partial charge in [-0.1, -0.05) is 12.1 Å². The molecule has 0 spiro atoms. The lowest BCUT2D eigenvalue weighted by Gasteiger charge is -2.15. The molecule has 0 aliphatic rings. The standard InChI is InChI=1S/C13H15BrN2O/c1-16(2)10-5-3-9(4-6-10)12(15)13-11(14)7-8-17-13/h3-8,12H,15H2,1-2H3. The molecule has 2 rings (SSSR count). The first-order chi connectivity index (χ1) is 8.09. The van der Waals surface area contributed by atoms with Gasteiger partial charge in [-0.25, -0.2) is 0 Å². The Balaban J connectivity index is 2.26. The molecule has 1 unspecified atom stereocenters. The minimum Gasteiger partial charge on any atom is -0.466 e. The second-order valence-corrected chi connectivity index (χ2v) is 4.95. The van der Waals surface area contributed by atoms with Gasteiger partial charge in [-0.2, -0.15) is 0 Å². The molecule has 4 heteroatoms. The van der Waals surface area contributed by atoms with Crippen LogP contribution in [0.5, 0.6) is 0 Å². The third kappa shape index (κ3) is 2.53. The fourth-order valence-electron chi connectivity index (χ4n) is 1.66. The Labute approximate surface area is 109 Å². The van der Waals surface area contributed by atoms with Gasteiger partial charge >= 0.3 is 0 Å². The number of nitrogens with zero attached hydrogens (tertiary/aromatic N) is 1. The maximum absolute atomic E-state index is 6.15. The number of rotatable bonds is 3. The van der Waals surface area contributed by atoms with E-state index in [1.54, 1.807) is 6.26 Å². The van der Waals surface area contributed by atoms with Crippen LogP contribution in [0.1, 0.15) is 17.4 Å². The fourth-order valence-corrected chi connectivity index (χ4v) is 2.11. The Kier molecular flexibility index (Phi) is 3.54. The molecule has 2 N–H and O–H groups in total. The zero-order valence-electron chi connectivity index (χ0n) is 9.85. The highest BCUT2D eigenvalue weighted by molar-refractivity contribution is 9.10. The predicted molar refractivity (Wildman–Crippen MR) is 73.2 cm³/mol. The maximum Gasteiger partial charge on any atom is 0.139 e. The summed E-state index contributed by atoms with van der Waals surface area (Å²) in [6.07, 6.45) is 1.63. The van der Waals surface area contributed by atoms with Gasteiger partial charge in [0.1, 0.15) is 5.76 Å². The van der Waals surface area contributed by atoms with Crippen LogP contribution in [0.3, 0.4) is 0 Å². The van der Waals surface area contributed by atoms with Gasteiger partial charge in [-0.05, 0) is 39.7 Å². The molecule has 0 aliphatic carbocycles. The van der Waals surface area contributed by atoms with Crippen LogP contribution >= 0.6 is 15.9 Å². The number of hydrogen-bond donors (Lipinski definition) is 1. The average molecular weight is 295 g/mol. The number of benzene rings is 1. The topological polar surface area (TPSA) is 42.4 Å². The van der Waals surface area contributed by atoms with Crippen molar-refractivity contribution in [3.05, 3.63) is 52.4 Å². The number of nitrogens with two attached hydrogens (primary N) is 1. The summed E-state index contributed by atoms with van der Waals surface area (Å²) in [5, 5.41) is 0. The Hall–Kier alpha value is -1.26. The molecule has 0 saturated heterocycles. The van der Waals surface area contributed by atoms with Gasteiger partial charge in [0.15, 0.2) is 0 Å². The summed E-state index contributed by atoms with van der Waals surface area (Å²) in [7, 11) is 4.02. The molecule has 0 radical (unpaired) electrons. The molecule has 0 aliphatic heterocycles. The molecule has 0 amide bonds. The molecular formula is C13H15BrN2O. The lowest BCUT2D eigenvalue weighted by atomic mass is 10.1. The van der Waals surface area contributed by atoms with E-state index in [2.05, 4.69) is 20.8 Å². The van der Waals surface area contributed by atoms with E-state index in [-0.39, 0.29) is 6.04 Å². The summed E-state index contributed by atoms with van der Waals surface area (Å²) in [4.78, 5) is 2.05. The van der Waals surface area contributed by atoms with Crippen LogP contribution in [0.25, 0.3) is 0 Å². The van der Waals surface area contributed by atoms with Gasteiger partial charge in [0.05, 0.1) is 16.8 Å². The van der Waals surface area contributed by atoms with Crippen molar-refractivity contribution < 1.29 is 4.42 Å². The lowest BCUT2D eigenvalue weighted by molar-refractivity contribution is 0.487. The Morgan fingerprint density at radius 1 is 1.18 bits per heavy atom. The maximum atomic E-state index is 6.15. The lowest BCUT2D eigenvalue weighted by Crippen LogP contribution is -2.12. The molecule has 0 bridgehead atoms. The van der Waals surface area contributed by atoms with Crippen LogP contribution < -0.4 is 10.6 Å². The molecular weight excluding hydrogens is 280 g/mol. The van der Waals surface area contributed by atoms with E-state index in [0.29, 0.717) is 0 Å². The van der Waals surface area contributed by atoms with Crippen molar-refractivity contribution >= 4 is 21.6 Å². The van der Waals surface area contributed by atoms with Crippen LogP contribution in [0.15, 0.2) is 45.5 Å². The molecule has 0 saturated carbocycles. The molecule has 2 aromatic rings. The Morgan fingerprint density at radius 3 is 2.29 bits per heavy atom. The molecule has 90 valence electrons. The molecule has 3 nitrogen and oxygen atoms in total. The monoisotopic (exact) mass is 294 g/mol. The van der Waals surface area contributed by atoms with Gasteiger partial charge in [0, 0.05) is 19.8 Å². The minimum atomic E-state index is -0.240. The second-order valence-electron chi connectivity index (χ2n) is 4.10. The van der Waals surface area contributed by atoms with E-state index in [1.165, 1.54) is 0 Å². The van der Waals surface area contributed by atoms with Gasteiger partial charge < -0.3 is 15.1 Å². The molecule has 1 aromatic carbocycles. The van der Waals surface area contributed by atoms with Crippen molar-refractivity contribution in [1.82, 2.24) is 0 Å². The number of anilines is 1. The third-order valence-corrected chi connectivity index (χ3v) is 3.35. The van der Waals surface area contributed by atoms with Gasteiger partial charge in [-0.3, -0.25) is 0 Å². The van der Waals surface area contributed by atoms with Crippen LogP contribution in [0.2, 0.25) is 0 Å². The van der Waals surface area contributed by atoms with Crippen molar-refractivity contribution in [2.45, 2.75) is 6.04 Å². The summed E-state index contributed by atoms with van der Waals surface area (Å²) in [5.74, 6) is 0.752. The van der Waals surface area contributed by atoms with Gasteiger partial charge in [0.25, 0.3) is 0 Å². The van der Waals surface area contributed by atoms with Crippen molar-refractivity contribution in [3.8, 4) is 0 Å². The Bertz CT molecular complexity index is 490. The summed E-state index contributed by atoms with van der Waals surface area (Å²) < 4.78 is 6.28. The summed E-state index contributed by atoms with van der Waals surface area (Å²) in [5.41, 5.74) is 8.34. The van der Waals surface area contributed by atoms with Crippen molar-refractivity contribution in [2.24, 2.45) is 5.73 Å². The number of furan rings is 1. The van der Waals surface area contributed by atoms with E-state index in [1.807, 2.05) is 44.4 Å². The second kappa shape index (κ2) is 4.94. The van der Waals surface area contributed by atoms with Crippen molar-refractivity contribution in [3.63, 3.8) is 0 Å². The average Bonchev–Trinajstić information content (AvgIpc) is 2.74. The molecule has 1 heterocycles. The normalized spacial score (nSPS) is 12.5. The zero-order valence-corrected chi connectivity index (χ0v) is 11.4. The van der Waals surface area contributed by atoms with Crippen LogP contribution in [0, 0.1) is 0 Å². The number of hydrogen-bond acceptors (Lipinski definition) is 3. The summed E-state index contributed by atoms with van der Waals surface area (Å²) in [6.45, 7) is 0. The van der Waals surface area contributed by atoms with E-state index < -0.39 is 0 Å². The predicted octanol–water partition coefficient (Wildman–Crippen LogP) is 3.16. The highest BCUT2D eigenvalue weighted by Crippen LogP contribution is 2.28. The summed E-state index contributed by atoms with van der Waals surface area (Å²) in [6, 6.07) is 9.75. The van der Waals surface area contributed by atoms with E-state index >= 15 is 0 Å². The molecule has 1 aromatic heterocycles. The van der Waals surface area contributed by atoms with Crippen LogP contribution in [-0.2, 0) is 0 Å². The third-order valence-electron chi connectivity index (χ3n) is 2.70. The van der Waals surface area contributed by atoms with E-state index in [4.69, 9.17) is 10.2 Å². The first kappa shape index (κ1) is 12.2. The zero-order chi connectivity index (χ0) is 12.4. The number of halogens is 1. The van der Waals surface area contributed by atoms with Crippen molar-refractivity contribution in [2.75, 3.05) is 19.0 Å². The van der Waals surface area contributed by atoms with E-state index in [9.17, 15) is 0 Å². The SMILES string of the molecule is CN(C)c1ccc(C(N)c2occc2Br)cc1. The fraction of sp³-hybridized carbons (Fsp3) is 0.231. The highest BCUT2D eigenvalue weighted by atomic mass is 79.9. The molecule has 0 fully saturated rings. The van der Waals surface area contributed by atoms with Crippen LogP contribution in [0.4, 0.5) is 5.69 Å². The molecule has 17 heavy (non-hydrogen) atoms. The quantitative estimate of drug-likeness (QED) is 0.945. The van der Waals surface area contributed by atoms with E-state index in [0.717, 1.165) is 21.5 Å². The minimum absolute atomic E-state index is 0.240. The first-order valence-electron chi connectivity index (χ1n) is 5.35. The highest BCUT2D eigenvalue weighted by Gasteiger charge is 2.15. The largest absolute Gasteiger partial charge is 0.466 e. The van der Waals surface area contributed by atoms with Gasteiger partial charge in [-0.15, -0.1) is 0 Å². The molecule has 1 atom stereocenters. The smallest absolute Gasteiger partial charge is 0.139 e. The first-order valence-corrected chi connectivity index (χ1v) is 6.14. The van der Waals surface area contributed by atoms with Crippen molar-refractivity contribution in [1.29, 1.82) is 0 Å².